The van der Waals surface area contributed by atoms with Crippen LogP contribution in [0, 0.1) is 3.95 Å². The van der Waals surface area contributed by atoms with Gasteiger partial charge in [0.25, 0.3) is 0 Å². The number of carboxylic acid groups (broad SMARTS) is 1. The normalized spacial score (nSPS) is 13.8. The standard InChI is InChI=1S/C16H15N3O3S2/c1-2-5-11(15(21)22)19-14(20)12(24-16(19)23)8-13-17-9-6-3-4-7-10(9)18-13/h3-4,6-8,11,20H,2,5H2,1H3,(H,21,22)/t11-/m0/s1. The average molecular weight is 361 g/mol. The van der Waals surface area contributed by atoms with E-state index in [1.165, 1.54) is 4.57 Å². The Bertz CT molecular complexity index is 967. The van der Waals surface area contributed by atoms with Gasteiger partial charge in [-0.05, 0) is 30.8 Å². The molecule has 8 heteroatoms. The van der Waals surface area contributed by atoms with E-state index in [1.54, 1.807) is 6.08 Å². The zero-order valence-corrected chi connectivity index (χ0v) is 14.5. The van der Waals surface area contributed by atoms with Gasteiger partial charge in [0.15, 0.2) is 9.78 Å². The van der Waals surface area contributed by atoms with Crippen molar-refractivity contribution in [2.24, 2.45) is 9.98 Å². The van der Waals surface area contributed by atoms with Crippen LogP contribution in [0.5, 0.6) is 5.88 Å². The monoisotopic (exact) mass is 361 g/mol. The minimum Gasteiger partial charge on any atom is -0.493 e. The Kier molecular flexibility index (Phi) is 4.59. The molecule has 2 heterocycles. The lowest BCUT2D eigenvalue weighted by Crippen LogP contribution is -2.19. The maximum Gasteiger partial charge on any atom is 0.326 e. The maximum absolute atomic E-state index is 11.5. The second-order valence-electron chi connectivity index (χ2n) is 5.28. The van der Waals surface area contributed by atoms with Crippen molar-refractivity contribution in [1.29, 1.82) is 0 Å². The van der Waals surface area contributed by atoms with Crippen LogP contribution in [0.3, 0.4) is 0 Å². The van der Waals surface area contributed by atoms with Crippen LogP contribution in [0.1, 0.15) is 30.7 Å². The molecular formula is C16H15N3O3S2. The molecule has 0 unspecified atom stereocenters. The highest BCUT2D eigenvalue weighted by molar-refractivity contribution is 7.73. The maximum atomic E-state index is 11.5. The number of fused-ring (bicyclic) bond motifs is 1. The van der Waals surface area contributed by atoms with Gasteiger partial charge in [-0.2, -0.15) is 0 Å². The lowest BCUT2D eigenvalue weighted by atomic mass is 10.1. The van der Waals surface area contributed by atoms with Gasteiger partial charge in [0.05, 0.1) is 15.6 Å². The Hall–Kier alpha value is -2.32. The molecule has 2 aromatic rings. The highest BCUT2D eigenvalue weighted by Gasteiger charge is 2.24. The van der Waals surface area contributed by atoms with E-state index in [0.717, 1.165) is 22.1 Å². The summed E-state index contributed by atoms with van der Waals surface area (Å²) in [4.78, 5) is 20.7. The van der Waals surface area contributed by atoms with Crippen molar-refractivity contribution < 1.29 is 15.0 Å². The Morgan fingerprint density at radius 1 is 1.38 bits per heavy atom. The largest absolute Gasteiger partial charge is 0.493 e. The van der Waals surface area contributed by atoms with Crippen molar-refractivity contribution in [3.05, 3.63) is 49.6 Å². The summed E-state index contributed by atoms with van der Waals surface area (Å²) in [5, 5.41) is 21.4. The molecule has 0 saturated carbocycles. The average Bonchev–Trinajstić information content (AvgIpc) is 3.06. The number of thiazole rings is 1. The number of aliphatic carboxylic acids is 1. The summed E-state index contributed by atoms with van der Waals surface area (Å²) in [5.41, 5.74) is 0. The molecule has 0 bridgehead atoms. The van der Waals surface area contributed by atoms with Crippen LogP contribution in [0.25, 0.3) is 6.08 Å². The lowest BCUT2D eigenvalue weighted by molar-refractivity contribution is -0.141. The number of carboxylic acids is 1. The quantitative estimate of drug-likeness (QED) is 0.802. The van der Waals surface area contributed by atoms with E-state index in [9.17, 15) is 15.0 Å². The fourth-order valence-corrected chi connectivity index (χ4v) is 3.84. The van der Waals surface area contributed by atoms with Crippen molar-refractivity contribution >= 4 is 35.6 Å². The molecule has 24 heavy (non-hydrogen) atoms. The predicted octanol–water partition coefficient (Wildman–Crippen LogP) is 2.66. The van der Waals surface area contributed by atoms with Crippen LogP contribution in [0.4, 0.5) is 0 Å². The molecule has 2 N–H and O–H groups in total. The van der Waals surface area contributed by atoms with Gasteiger partial charge in [-0.1, -0.05) is 25.5 Å². The Balaban J connectivity index is 2.04. The summed E-state index contributed by atoms with van der Waals surface area (Å²) < 4.78 is 1.61. The Morgan fingerprint density at radius 3 is 2.54 bits per heavy atom. The first-order valence-corrected chi connectivity index (χ1v) is 8.65. The van der Waals surface area contributed by atoms with Gasteiger partial charge in [-0.15, -0.1) is 11.3 Å². The molecule has 0 spiro atoms. The molecule has 1 atom stereocenters. The summed E-state index contributed by atoms with van der Waals surface area (Å²) in [6.45, 7) is 1.89. The van der Waals surface area contributed by atoms with Crippen molar-refractivity contribution in [2.75, 3.05) is 0 Å². The molecule has 0 fully saturated rings. The molecule has 0 radical (unpaired) electrons. The van der Waals surface area contributed by atoms with Crippen LogP contribution < -0.4 is 10.7 Å². The van der Waals surface area contributed by atoms with E-state index in [2.05, 4.69) is 9.98 Å². The first-order valence-electron chi connectivity index (χ1n) is 7.42. The second kappa shape index (κ2) is 6.66. The summed E-state index contributed by atoms with van der Waals surface area (Å²) in [6.07, 6.45) is 2.69. The van der Waals surface area contributed by atoms with Crippen LogP contribution in [-0.4, -0.2) is 20.7 Å². The summed E-state index contributed by atoms with van der Waals surface area (Å²) in [7, 11) is 0. The van der Waals surface area contributed by atoms with E-state index >= 15 is 0 Å². The zero-order valence-electron chi connectivity index (χ0n) is 12.8. The summed E-state index contributed by atoms with van der Waals surface area (Å²) in [6, 6.07) is 6.59. The fourth-order valence-electron chi connectivity index (χ4n) is 2.51. The minimum atomic E-state index is -1.01. The van der Waals surface area contributed by atoms with Crippen LogP contribution in [-0.2, 0) is 4.79 Å². The Morgan fingerprint density at radius 2 is 2.00 bits per heavy atom. The lowest BCUT2D eigenvalue weighted by Gasteiger charge is -2.13. The molecule has 1 aliphatic heterocycles. The van der Waals surface area contributed by atoms with E-state index in [-0.39, 0.29) is 5.88 Å². The highest BCUT2D eigenvalue weighted by atomic mass is 32.1. The van der Waals surface area contributed by atoms with E-state index < -0.39 is 12.0 Å². The van der Waals surface area contributed by atoms with Crippen LogP contribution in [0.2, 0.25) is 0 Å². The molecule has 1 aliphatic rings. The first kappa shape index (κ1) is 16.5. The third-order valence-corrected chi connectivity index (χ3v) is 4.95. The number of aromatic nitrogens is 1. The number of aromatic hydroxyl groups is 1. The molecule has 1 aromatic heterocycles. The van der Waals surface area contributed by atoms with Crippen LogP contribution in [0.15, 0.2) is 40.1 Å². The molecule has 3 rings (SSSR count). The number of rotatable bonds is 5. The number of hydrogen-bond donors (Lipinski definition) is 2. The van der Waals surface area contributed by atoms with Gasteiger partial charge in [-0.3, -0.25) is 4.57 Å². The minimum absolute atomic E-state index is 0.153. The number of benzene rings is 1. The molecule has 0 aliphatic carbocycles. The van der Waals surface area contributed by atoms with Crippen molar-refractivity contribution in [3.8, 4) is 5.88 Å². The van der Waals surface area contributed by atoms with E-state index in [1.807, 2.05) is 31.2 Å². The van der Waals surface area contributed by atoms with Crippen molar-refractivity contribution in [2.45, 2.75) is 25.8 Å². The van der Waals surface area contributed by atoms with Gasteiger partial charge >= 0.3 is 5.97 Å². The van der Waals surface area contributed by atoms with Crippen LogP contribution >= 0.6 is 23.6 Å². The van der Waals surface area contributed by atoms with Gasteiger partial charge in [-0.25, -0.2) is 14.8 Å². The zero-order chi connectivity index (χ0) is 17.3. The molecule has 124 valence electrons. The summed E-state index contributed by atoms with van der Waals surface area (Å²) >= 11 is 6.39. The smallest absolute Gasteiger partial charge is 0.326 e. The third-order valence-electron chi connectivity index (χ3n) is 3.61. The SMILES string of the molecule is CCC[C@@H](C(=O)O)n1c(O)c(C=C2N=c3ccccc3=N2)sc1=S. The molecular weight excluding hydrogens is 346 g/mol. The highest BCUT2D eigenvalue weighted by Crippen LogP contribution is 2.33. The van der Waals surface area contributed by atoms with E-state index in [0.29, 0.717) is 27.5 Å². The van der Waals surface area contributed by atoms with Gasteiger partial charge < -0.3 is 10.2 Å². The first-order chi connectivity index (χ1) is 11.5. The van der Waals surface area contributed by atoms with Crippen molar-refractivity contribution in [3.63, 3.8) is 0 Å². The number of nitrogens with zero attached hydrogens (tertiary/aromatic N) is 3. The van der Waals surface area contributed by atoms with Gasteiger partial charge in [0.2, 0.25) is 5.88 Å². The predicted molar refractivity (Wildman–Crippen MR) is 93.1 cm³/mol. The summed E-state index contributed by atoms with van der Waals surface area (Å²) in [5.74, 6) is -0.708. The number of hydrogen-bond acceptors (Lipinski definition) is 6. The molecule has 0 amide bonds. The molecule has 6 nitrogen and oxygen atoms in total. The second-order valence-corrected chi connectivity index (χ2v) is 6.96. The topological polar surface area (TPSA) is 87.2 Å². The molecule has 0 saturated heterocycles. The van der Waals surface area contributed by atoms with Gasteiger partial charge in [0, 0.05) is 6.08 Å². The molecule has 1 aromatic carbocycles. The van der Waals surface area contributed by atoms with E-state index in [4.69, 9.17) is 12.2 Å². The van der Waals surface area contributed by atoms with Gasteiger partial charge in [0.1, 0.15) is 6.04 Å². The Labute approximate surface area is 146 Å². The number of para-hydroxylation sites is 2. The van der Waals surface area contributed by atoms with Crippen molar-refractivity contribution in [1.82, 2.24) is 4.57 Å². The fraction of sp³-hybridized carbons (Fsp3) is 0.250. The number of carbonyl (C=O) groups is 1. The third kappa shape index (κ3) is 3.02.